The predicted molar refractivity (Wildman–Crippen MR) is 339 cm³/mol. The summed E-state index contributed by atoms with van der Waals surface area (Å²) in [7, 11) is 0. The lowest BCUT2D eigenvalue weighted by molar-refractivity contribution is 0.875. The van der Waals surface area contributed by atoms with Crippen LogP contribution in [0.4, 0.5) is 34.1 Å². The molecule has 0 N–H and O–H groups in total. The van der Waals surface area contributed by atoms with Crippen LogP contribution in [0.15, 0.2) is 206 Å². The minimum absolute atomic E-state index is 0.256. The summed E-state index contributed by atoms with van der Waals surface area (Å²) in [6.07, 6.45) is 0. The predicted octanol–water partition coefficient (Wildman–Crippen LogP) is 23.2. The lowest BCUT2D eigenvalue weighted by Gasteiger charge is -2.32. The van der Waals surface area contributed by atoms with E-state index in [-0.39, 0.29) is 11.8 Å². The summed E-state index contributed by atoms with van der Waals surface area (Å²) in [6, 6.07) is 78.7. The Morgan fingerprint density at radius 1 is 0.263 bits per heavy atom. The monoisotopic (exact) mass is 1040 g/mol. The highest BCUT2D eigenvalue weighted by Gasteiger charge is 2.29. The second kappa shape index (κ2) is 16.8. The molecule has 0 bridgehead atoms. The van der Waals surface area contributed by atoms with Crippen molar-refractivity contribution >= 4 is 192 Å². The molecular formula is C70H48N2S4. The number of benzene rings is 12. The van der Waals surface area contributed by atoms with E-state index in [4.69, 9.17) is 0 Å². The Labute approximate surface area is 455 Å². The second-order valence-electron chi connectivity index (χ2n) is 21.1. The van der Waals surface area contributed by atoms with Crippen LogP contribution in [-0.4, -0.2) is 0 Å². The number of rotatable bonds is 8. The number of hydrogen-bond acceptors (Lipinski definition) is 6. The van der Waals surface area contributed by atoms with Gasteiger partial charge in [-0.3, -0.25) is 0 Å². The van der Waals surface area contributed by atoms with Crippen LogP contribution >= 0.6 is 45.3 Å². The first-order valence-electron chi connectivity index (χ1n) is 26.4. The van der Waals surface area contributed by atoms with Gasteiger partial charge in [0.15, 0.2) is 0 Å². The third kappa shape index (κ3) is 6.48. The van der Waals surface area contributed by atoms with E-state index in [1.807, 2.05) is 45.3 Å². The first-order chi connectivity index (χ1) is 37.3. The van der Waals surface area contributed by atoms with Gasteiger partial charge < -0.3 is 9.80 Å². The average molecular weight is 1050 g/mol. The van der Waals surface area contributed by atoms with Gasteiger partial charge in [-0.15, -0.1) is 45.3 Å². The second-order valence-corrected chi connectivity index (χ2v) is 25.4. The number of thiophene rings is 4. The van der Waals surface area contributed by atoms with E-state index in [1.54, 1.807) is 0 Å². The molecule has 0 aliphatic carbocycles. The molecule has 16 rings (SSSR count). The Morgan fingerprint density at radius 3 is 1.01 bits per heavy atom. The summed E-state index contributed by atoms with van der Waals surface area (Å²) >= 11 is 7.57. The Bertz CT molecular complexity index is 4730. The Morgan fingerprint density at radius 2 is 0.605 bits per heavy atom. The zero-order chi connectivity index (χ0) is 50.5. The quantitative estimate of drug-likeness (QED) is 0.140. The Balaban J connectivity index is 1.03. The van der Waals surface area contributed by atoms with Crippen LogP contribution < -0.4 is 9.80 Å². The molecule has 0 radical (unpaired) electrons. The Kier molecular flexibility index (Phi) is 9.84. The van der Waals surface area contributed by atoms with Gasteiger partial charge in [-0.2, -0.15) is 0 Å². The van der Waals surface area contributed by atoms with Crippen LogP contribution in [0.5, 0.6) is 0 Å². The van der Waals surface area contributed by atoms with E-state index in [0.717, 1.165) is 11.4 Å². The Hall–Kier alpha value is -7.84. The van der Waals surface area contributed by atoms with Crippen molar-refractivity contribution in [3.05, 3.63) is 217 Å². The highest BCUT2D eigenvalue weighted by Crippen LogP contribution is 2.55. The summed E-state index contributed by atoms with van der Waals surface area (Å²) in [6.45, 7) is 9.50. The van der Waals surface area contributed by atoms with Crippen molar-refractivity contribution in [1.82, 2.24) is 0 Å². The van der Waals surface area contributed by atoms with Crippen molar-refractivity contribution in [2.75, 3.05) is 9.80 Å². The first-order valence-corrected chi connectivity index (χ1v) is 29.6. The molecule has 0 aliphatic heterocycles. The number of hydrogen-bond donors (Lipinski definition) is 0. The molecule has 76 heavy (non-hydrogen) atoms. The molecule has 16 aromatic rings. The first kappa shape index (κ1) is 44.5. The number of anilines is 6. The van der Waals surface area contributed by atoms with Gasteiger partial charge in [0.2, 0.25) is 0 Å². The third-order valence-electron chi connectivity index (χ3n) is 16.1. The zero-order valence-electron chi connectivity index (χ0n) is 42.3. The fraction of sp³-hybridized carbons (Fsp3) is 0.0857. The van der Waals surface area contributed by atoms with E-state index in [9.17, 15) is 0 Å². The molecule has 0 amide bonds. The molecule has 4 heterocycles. The lowest BCUT2D eigenvalue weighted by Crippen LogP contribution is -2.13. The maximum absolute atomic E-state index is 2.61. The summed E-state index contributed by atoms with van der Waals surface area (Å²) in [5.41, 5.74) is 9.83. The van der Waals surface area contributed by atoms with Crippen molar-refractivity contribution in [1.29, 1.82) is 0 Å². The van der Waals surface area contributed by atoms with E-state index in [1.165, 1.54) is 147 Å². The van der Waals surface area contributed by atoms with Gasteiger partial charge in [-0.1, -0.05) is 149 Å². The van der Waals surface area contributed by atoms with E-state index < -0.39 is 0 Å². The molecule has 0 spiro atoms. The van der Waals surface area contributed by atoms with Gasteiger partial charge in [0, 0.05) is 93.4 Å². The summed E-state index contributed by atoms with van der Waals surface area (Å²) in [4.78, 5) is 5.22. The van der Waals surface area contributed by atoms with Gasteiger partial charge >= 0.3 is 0 Å². The van der Waals surface area contributed by atoms with Crippen LogP contribution in [0, 0.1) is 0 Å². The summed E-state index contributed by atoms with van der Waals surface area (Å²) in [5.74, 6) is 0.513. The largest absolute Gasteiger partial charge is 0.308 e. The van der Waals surface area contributed by atoms with E-state index in [2.05, 4.69) is 244 Å². The van der Waals surface area contributed by atoms with Crippen LogP contribution in [0.1, 0.15) is 50.7 Å². The molecule has 12 aromatic carbocycles. The molecule has 6 heteroatoms. The summed E-state index contributed by atoms with van der Waals surface area (Å²) in [5, 5.41) is 18.2. The van der Waals surface area contributed by atoms with Crippen molar-refractivity contribution in [2.45, 2.75) is 39.5 Å². The van der Waals surface area contributed by atoms with Gasteiger partial charge in [0.05, 0.1) is 32.1 Å². The number of nitrogens with zero attached hydrogens (tertiary/aromatic N) is 2. The fourth-order valence-electron chi connectivity index (χ4n) is 12.7. The molecule has 0 atom stereocenters. The topological polar surface area (TPSA) is 6.48 Å². The van der Waals surface area contributed by atoms with Crippen molar-refractivity contribution < 1.29 is 0 Å². The minimum Gasteiger partial charge on any atom is -0.308 e. The number of fused-ring (bicyclic) bond motifs is 12. The lowest BCUT2D eigenvalue weighted by atomic mass is 9.84. The molecule has 0 unspecified atom stereocenters. The minimum atomic E-state index is 0.256. The zero-order valence-corrected chi connectivity index (χ0v) is 45.6. The highest BCUT2D eigenvalue weighted by atomic mass is 32.1. The molecule has 0 saturated heterocycles. The molecule has 362 valence electrons. The molecule has 0 aliphatic rings. The van der Waals surface area contributed by atoms with Crippen LogP contribution in [-0.2, 0) is 0 Å². The average Bonchev–Trinajstić information content (AvgIpc) is 4.32. The summed E-state index contributed by atoms with van der Waals surface area (Å²) < 4.78 is 10.4. The maximum Gasteiger partial charge on any atom is 0.0640 e. The molecule has 0 saturated carbocycles. The third-order valence-corrected chi connectivity index (χ3v) is 20.9. The molecule has 0 fully saturated rings. The van der Waals surface area contributed by atoms with Crippen LogP contribution in [0.2, 0.25) is 0 Å². The van der Waals surface area contributed by atoms with Crippen LogP contribution in [0.3, 0.4) is 0 Å². The van der Waals surface area contributed by atoms with Crippen molar-refractivity contribution in [3.8, 4) is 0 Å². The molecule has 4 aromatic heterocycles. The van der Waals surface area contributed by atoms with Gasteiger partial charge in [-0.05, 0) is 129 Å². The van der Waals surface area contributed by atoms with Crippen molar-refractivity contribution in [2.24, 2.45) is 0 Å². The molecular weight excluding hydrogens is 997 g/mol. The van der Waals surface area contributed by atoms with E-state index >= 15 is 0 Å². The van der Waals surface area contributed by atoms with Gasteiger partial charge in [0.25, 0.3) is 0 Å². The molecule has 2 nitrogen and oxygen atoms in total. The maximum atomic E-state index is 2.61. The smallest absolute Gasteiger partial charge is 0.0640 e. The van der Waals surface area contributed by atoms with Gasteiger partial charge in [-0.25, -0.2) is 0 Å². The van der Waals surface area contributed by atoms with E-state index in [0.29, 0.717) is 0 Å². The van der Waals surface area contributed by atoms with Gasteiger partial charge in [0.1, 0.15) is 0 Å². The highest BCUT2D eigenvalue weighted by molar-refractivity contribution is 7.27. The standard InChI is InChI=1S/C70H48N2S4/c1-39(2)53-37-59(71(41-27-33-65-55(35-41)45-17-7-9-23-61(45)73-65)57-21-13-19-49-43-15-5-11-25-63(43)75-69(49)57)51-32-30-48-54(40(3)4)38-60(52-31-29-47(53)67(51)68(48)52)72(42-28-34-66-56(36-42)46-18-8-10-24-62(46)74-66)58-22-14-20-50-44-16-6-12-26-64(44)76-70(50)58/h5-40H,1-4H3. The SMILES string of the molecule is CC(C)c1cc(N(c2ccc3sc4ccccc4c3c2)c2cccc3c2sc2ccccc23)c2ccc3c(C(C)C)cc(N(c4ccc5sc6ccccc6c5c4)c4cccc5c4sc4ccccc45)c4ccc1c2c34. The van der Waals surface area contributed by atoms with Crippen LogP contribution in [0.25, 0.3) is 113 Å². The fourth-order valence-corrected chi connectivity index (χ4v) is 17.3. The normalized spacial score (nSPS) is 12.4. The van der Waals surface area contributed by atoms with Crippen molar-refractivity contribution in [3.63, 3.8) is 0 Å².